The second-order valence-corrected chi connectivity index (χ2v) is 17.3. The fourth-order valence-electron chi connectivity index (χ4n) is 10.1. The zero-order valence-corrected chi connectivity index (χ0v) is 35.2. The molecule has 1 aromatic heterocycles. The van der Waals surface area contributed by atoms with Crippen molar-refractivity contribution in [3.63, 3.8) is 0 Å². The summed E-state index contributed by atoms with van der Waals surface area (Å²) in [6, 6.07) is 79.1. The average molecular weight is 803 g/mol. The molecule has 2 nitrogen and oxygen atoms in total. The van der Waals surface area contributed by atoms with E-state index >= 15 is 0 Å². The molecule has 0 saturated carbocycles. The molecular formula is C61H42N2. The lowest BCUT2D eigenvalue weighted by molar-refractivity contribution is 0.661. The lowest BCUT2D eigenvalue weighted by Crippen LogP contribution is -2.15. The first-order chi connectivity index (χ1) is 31.0. The highest BCUT2D eigenvalue weighted by Crippen LogP contribution is 2.51. The van der Waals surface area contributed by atoms with Gasteiger partial charge in [-0.3, -0.25) is 0 Å². The molecule has 0 spiro atoms. The Kier molecular flexibility index (Phi) is 8.55. The smallest absolute Gasteiger partial charge is 0.160 e. The van der Waals surface area contributed by atoms with E-state index in [0.717, 1.165) is 44.6 Å². The number of benzene rings is 10. The summed E-state index contributed by atoms with van der Waals surface area (Å²) >= 11 is 0. The first-order valence-electron chi connectivity index (χ1n) is 21.8. The Morgan fingerprint density at radius 3 is 1.41 bits per heavy atom. The molecule has 0 N–H and O–H groups in total. The summed E-state index contributed by atoms with van der Waals surface area (Å²) < 4.78 is 0. The predicted molar refractivity (Wildman–Crippen MR) is 265 cm³/mol. The van der Waals surface area contributed by atoms with E-state index in [4.69, 9.17) is 9.97 Å². The van der Waals surface area contributed by atoms with Gasteiger partial charge in [-0.25, -0.2) is 9.97 Å². The first-order valence-corrected chi connectivity index (χ1v) is 21.8. The van der Waals surface area contributed by atoms with Gasteiger partial charge in [0.25, 0.3) is 0 Å². The fourth-order valence-corrected chi connectivity index (χ4v) is 10.1. The molecule has 10 aromatic carbocycles. The number of aromatic nitrogens is 2. The van der Waals surface area contributed by atoms with Crippen LogP contribution >= 0.6 is 0 Å². The van der Waals surface area contributed by atoms with E-state index in [1.807, 2.05) is 6.07 Å². The van der Waals surface area contributed by atoms with Crippen LogP contribution in [0.25, 0.3) is 111 Å². The normalized spacial score (nSPS) is 12.7. The largest absolute Gasteiger partial charge is 0.228 e. The van der Waals surface area contributed by atoms with E-state index in [9.17, 15) is 0 Å². The molecule has 296 valence electrons. The molecule has 0 bridgehead atoms. The van der Waals surface area contributed by atoms with Gasteiger partial charge in [-0.2, -0.15) is 0 Å². The summed E-state index contributed by atoms with van der Waals surface area (Å²) in [6.07, 6.45) is 0. The highest BCUT2D eigenvalue weighted by atomic mass is 14.9. The Labute approximate surface area is 367 Å². The molecule has 0 fully saturated rings. The summed E-state index contributed by atoms with van der Waals surface area (Å²) in [7, 11) is 0. The van der Waals surface area contributed by atoms with Crippen LogP contribution in [0.2, 0.25) is 0 Å². The Hall–Kier alpha value is -7.94. The molecule has 0 saturated heterocycles. The average Bonchev–Trinajstić information content (AvgIpc) is 3.57. The maximum Gasteiger partial charge on any atom is 0.160 e. The molecule has 1 aliphatic carbocycles. The minimum absolute atomic E-state index is 0.112. The molecule has 0 radical (unpaired) electrons. The van der Waals surface area contributed by atoms with Gasteiger partial charge in [-0.1, -0.05) is 208 Å². The first kappa shape index (κ1) is 36.9. The third-order valence-corrected chi connectivity index (χ3v) is 13.3. The zero-order chi connectivity index (χ0) is 42.1. The van der Waals surface area contributed by atoms with Gasteiger partial charge in [-0.05, 0) is 112 Å². The van der Waals surface area contributed by atoms with E-state index in [2.05, 4.69) is 226 Å². The zero-order valence-electron chi connectivity index (χ0n) is 35.2. The molecule has 63 heavy (non-hydrogen) atoms. The van der Waals surface area contributed by atoms with Crippen LogP contribution < -0.4 is 0 Å². The second-order valence-electron chi connectivity index (χ2n) is 17.3. The fraction of sp³-hybridized carbons (Fsp3) is 0.0492. The van der Waals surface area contributed by atoms with Crippen molar-refractivity contribution >= 4 is 32.3 Å². The van der Waals surface area contributed by atoms with Crippen LogP contribution in [0.3, 0.4) is 0 Å². The maximum absolute atomic E-state index is 5.30. The molecule has 2 heteroatoms. The Morgan fingerprint density at radius 1 is 0.286 bits per heavy atom. The molecular weight excluding hydrogens is 761 g/mol. The van der Waals surface area contributed by atoms with Crippen LogP contribution in [-0.4, -0.2) is 9.97 Å². The van der Waals surface area contributed by atoms with Crippen LogP contribution in [-0.2, 0) is 5.41 Å². The summed E-state index contributed by atoms with van der Waals surface area (Å²) in [4.78, 5) is 10.5. The van der Waals surface area contributed by atoms with Crippen molar-refractivity contribution in [3.05, 3.63) is 230 Å². The highest BCUT2D eigenvalue weighted by molar-refractivity contribution is 6.12. The highest BCUT2D eigenvalue weighted by Gasteiger charge is 2.36. The van der Waals surface area contributed by atoms with Crippen LogP contribution in [0.1, 0.15) is 25.0 Å². The predicted octanol–water partition coefficient (Wildman–Crippen LogP) is 16.2. The third kappa shape index (κ3) is 6.09. The third-order valence-electron chi connectivity index (χ3n) is 13.3. The maximum atomic E-state index is 5.30. The quantitative estimate of drug-likeness (QED) is 0.167. The van der Waals surface area contributed by atoms with Gasteiger partial charge >= 0.3 is 0 Å². The Bertz CT molecular complexity index is 3580. The van der Waals surface area contributed by atoms with Crippen molar-refractivity contribution in [2.75, 3.05) is 0 Å². The summed E-state index contributed by atoms with van der Waals surface area (Å²) in [5, 5.41) is 7.39. The standard InChI is InChI=1S/C61H42N2/c1-61(2)56-37-43(29-30-52(56)55-35-41-21-9-10-22-42(41)36-57(55)61)45-31-32-50(47-25-13-12-24-46(45)47)51-33-34-54(49-27-15-14-26-48(49)51)59-38-58(62-60(63-59)40-19-7-4-8-20-40)53-28-16-11-23-44(53)39-17-5-3-6-18-39/h3-38H,1-2H3. The summed E-state index contributed by atoms with van der Waals surface area (Å²) in [5.41, 5.74) is 17.4. The summed E-state index contributed by atoms with van der Waals surface area (Å²) in [6.45, 7) is 4.75. The van der Waals surface area contributed by atoms with E-state index in [1.165, 1.54) is 71.4 Å². The van der Waals surface area contributed by atoms with Gasteiger partial charge in [0.2, 0.25) is 0 Å². The van der Waals surface area contributed by atoms with Crippen LogP contribution in [0.15, 0.2) is 218 Å². The number of hydrogen-bond acceptors (Lipinski definition) is 2. The van der Waals surface area contributed by atoms with E-state index < -0.39 is 0 Å². The number of rotatable bonds is 6. The SMILES string of the molecule is CC1(C)c2cc(-c3ccc(-c4ccc(-c5cc(-c6ccccc6-c6ccccc6)nc(-c6ccccc6)n5)c5ccccc45)c4ccccc34)ccc2-c2cc3ccccc3cc21. The Balaban J connectivity index is 0.991. The lowest BCUT2D eigenvalue weighted by Gasteiger charge is -2.22. The van der Waals surface area contributed by atoms with Crippen molar-refractivity contribution in [2.24, 2.45) is 0 Å². The molecule has 0 amide bonds. The molecule has 0 aliphatic heterocycles. The Morgan fingerprint density at radius 2 is 0.746 bits per heavy atom. The second kappa shape index (κ2) is 14.6. The van der Waals surface area contributed by atoms with Crippen molar-refractivity contribution in [1.29, 1.82) is 0 Å². The number of fused-ring (bicyclic) bond motifs is 6. The molecule has 11 aromatic rings. The van der Waals surface area contributed by atoms with Gasteiger partial charge in [0.05, 0.1) is 11.4 Å². The van der Waals surface area contributed by atoms with Crippen LogP contribution in [0, 0.1) is 0 Å². The lowest BCUT2D eigenvalue weighted by atomic mass is 9.80. The van der Waals surface area contributed by atoms with E-state index in [1.54, 1.807) is 0 Å². The molecule has 12 rings (SSSR count). The number of hydrogen-bond donors (Lipinski definition) is 0. The van der Waals surface area contributed by atoms with Crippen molar-refractivity contribution < 1.29 is 0 Å². The summed E-state index contributed by atoms with van der Waals surface area (Å²) in [5.74, 6) is 0.702. The molecule has 1 aliphatic rings. The van der Waals surface area contributed by atoms with E-state index in [-0.39, 0.29) is 5.41 Å². The topological polar surface area (TPSA) is 25.8 Å². The van der Waals surface area contributed by atoms with Crippen LogP contribution in [0.4, 0.5) is 0 Å². The van der Waals surface area contributed by atoms with Gasteiger partial charge in [-0.15, -0.1) is 0 Å². The van der Waals surface area contributed by atoms with Gasteiger partial charge in [0.15, 0.2) is 5.82 Å². The van der Waals surface area contributed by atoms with Crippen molar-refractivity contribution in [2.45, 2.75) is 19.3 Å². The van der Waals surface area contributed by atoms with Crippen molar-refractivity contribution in [1.82, 2.24) is 9.97 Å². The van der Waals surface area contributed by atoms with Gasteiger partial charge < -0.3 is 0 Å². The molecule has 0 atom stereocenters. The molecule has 1 heterocycles. The number of nitrogens with zero attached hydrogens (tertiary/aromatic N) is 2. The van der Waals surface area contributed by atoms with E-state index in [0.29, 0.717) is 5.82 Å². The minimum atomic E-state index is -0.112. The minimum Gasteiger partial charge on any atom is -0.228 e. The van der Waals surface area contributed by atoms with Crippen LogP contribution in [0.5, 0.6) is 0 Å². The van der Waals surface area contributed by atoms with Gasteiger partial charge in [0.1, 0.15) is 0 Å². The van der Waals surface area contributed by atoms with Crippen molar-refractivity contribution in [3.8, 4) is 78.4 Å². The molecule has 0 unspecified atom stereocenters. The van der Waals surface area contributed by atoms with Gasteiger partial charge in [0, 0.05) is 22.1 Å². The monoisotopic (exact) mass is 802 g/mol.